The van der Waals surface area contributed by atoms with Crippen LogP contribution in [0.5, 0.6) is 0 Å². The van der Waals surface area contributed by atoms with Gasteiger partial charge in [0.25, 0.3) is 0 Å². The van der Waals surface area contributed by atoms with Crippen LogP contribution < -0.4 is 10.2 Å². The molecule has 0 aliphatic carbocycles. The lowest BCUT2D eigenvalue weighted by Crippen LogP contribution is -2.24. The maximum absolute atomic E-state index is 12.5. The predicted molar refractivity (Wildman–Crippen MR) is 121 cm³/mol. The van der Waals surface area contributed by atoms with E-state index in [0.29, 0.717) is 32.8 Å². The van der Waals surface area contributed by atoms with Crippen LogP contribution in [0.1, 0.15) is 12.5 Å². The van der Waals surface area contributed by atoms with E-state index in [0.717, 1.165) is 5.56 Å². The Bertz CT molecular complexity index is 1290. The number of hydrogen-bond acceptors (Lipinski definition) is 4. The average molecular weight is 454 g/mol. The molecular weight excluding hydrogens is 437 g/mol. The Morgan fingerprint density at radius 2 is 1.90 bits per heavy atom. The number of nitrogens with zero attached hydrogens (tertiary/aromatic N) is 4. The molecule has 3 heterocycles. The Morgan fingerprint density at radius 1 is 1.10 bits per heavy atom. The van der Waals surface area contributed by atoms with Crippen molar-refractivity contribution in [1.82, 2.24) is 14.6 Å². The van der Waals surface area contributed by atoms with Crippen LogP contribution in [-0.4, -0.2) is 26.4 Å². The first-order valence-corrected chi connectivity index (χ1v) is 10.1. The zero-order valence-electron chi connectivity index (χ0n) is 16.4. The second-order valence-corrected chi connectivity index (χ2v) is 7.53. The van der Waals surface area contributed by atoms with Crippen molar-refractivity contribution in [1.29, 1.82) is 0 Å². The van der Waals surface area contributed by atoms with Crippen LogP contribution in [0.25, 0.3) is 5.52 Å². The van der Waals surface area contributed by atoms with Gasteiger partial charge in [-0.25, -0.2) is 9.50 Å². The van der Waals surface area contributed by atoms with Crippen molar-refractivity contribution in [2.45, 2.75) is 13.3 Å². The van der Waals surface area contributed by atoms with E-state index >= 15 is 0 Å². The SMILES string of the molecule is CC(=O)N(c1cc(NC(=O)Cc2ccccc2Cl)ccn1)c1ccn2nccc2c1Cl. The molecule has 0 radical (unpaired) electrons. The van der Waals surface area contributed by atoms with Gasteiger partial charge in [-0.15, -0.1) is 0 Å². The summed E-state index contributed by atoms with van der Waals surface area (Å²) < 4.78 is 1.61. The summed E-state index contributed by atoms with van der Waals surface area (Å²) in [5, 5.41) is 7.86. The summed E-state index contributed by atoms with van der Waals surface area (Å²) in [6.45, 7) is 1.42. The topological polar surface area (TPSA) is 79.6 Å². The quantitative estimate of drug-likeness (QED) is 0.465. The minimum Gasteiger partial charge on any atom is -0.326 e. The Hall–Kier alpha value is -3.42. The summed E-state index contributed by atoms with van der Waals surface area (Å²) in [5.74, 6) is -0.190. The molecule has 1 N–H and O–H groups in total. The maximum atomic E-state index is 12.5. The lowest BCUT2D eigenvalue weighted by Gasteiger charge is -2.22. The minimum absolute atomic E-state index is 0.122. The van der Waals surface area contributed by atoms with E-state index in [4.69, 9.17) is 23.2 Å². The number of anilines is 3. The second-order valence-electron chi connectivity index (χ2n) is 6.75. The number of nitrogens with one attached hydrogen (secondary N) is 1. The van der Waals surface area contributed by atoms with Crippen LogP contribution in [-0.2, 0) is 16.0 Å². The molecule has 156 valence electrons. The lowest BCUT2D eigenvalue weighted by molar-refractivity contribution is -0.116. The molecule has 0 aliphatic rings. The summed E-state index contributed by atoms with van der Waals surface area (Å²) in [6, 6.07) is 13.9. The van der Waals surface area contributed by atoms with Gasteiger partial charge in [0.15, 0.2) is 0 Å². The number of fused-ring (bicyclic) bond motifs is 1. The molecule has 0 atom stereocenters. The predicted octanol–water partition coefficient (Wildman–Crippen LogP) is 4.90. The van der Waals surface area contributed by atoms with Gasteiger partial charge < -0.3 is 5.32 Å². The highest BCUT2D eigenvalue weighted by Crippen LogP contribution is 2.34. The first-order chi connectivity index (χ1) is 14.9. The van der Waals surface area contributed by atoms with Crippen molar-refractivity contribution in [2.24, 2.45) is 0 Å². The molecule has 0 aliphatic heterocycles. The molecular formula is C22H17Cl2N5O2. The van der Waals surface area contributed by atoms with Crippen molar-refractivity contribution in [3.05, 3.63) is 82.7 Å². The number of hydrogen-bond donors (Lipinski definition) is 1. The highest BCUT2D eigenvalue weighted by Gasteiger charge is 2.21. The van der Waals surface area contributed by atoms with Gasteiger partial charge in [0.05, 0.1) is 28.8 Å². The number of carbonyl (C=O) groups is 2. The summed E-state index contributed by atoms with van der Waals surface area (Å²) in [5.41, 5.74) is 2.35. The molecule has 4 aromatic rings. The maximum Gasteiger partial charge on any atom is 0.229 e. The highest BCUT2D eigenvalue weighted by molar-refractivity contribution is 6.37. The molecule has 31 heavy (non-hydrogen) atoms. The summed E-state index contributed by atoms with van der Waals surface area (Å²) >= 11 is 12.7. The van der Waals surface area contributed by atoms with E-state index in [1.807, 2.05) is 12.1 Å². The first kappa shape index (κ1) is 20.8. The van der Waals surface area contributed by atoms with Crippen LogP contribution in [0.15, 0.2) is 67.1 Å². The van der Waals surface area contributed by atoms with Gasteiger partial charge in [-0.05, 0) is 29.8 Å². The Kier molecular flexibility index (Phi) is 5.88. The molecule has 7 nitrogen and oxygen atoms in total. The highest BCUT2D eigenvalue weighted by atomic mass is 35.5. The normalized spacial score (nSPS) is 10.8. The monoisotopic (exact) mass is 453 g/mol. The molecule has 0 spiro atoms. The third kappa shape index (κ3) is 4.38. The number of carbonyl (C=O) groups excluding carboxylic acids is 2. The van der Waals surface area contributed by atoms with Gasteiger partial charge >= 0.3 is 0 Å². The van der Waals surface area contributed by atoms with Gasteiger partial charge in [-0.3, -0.25) is 14.5 Å². The standard InChI is InChI=1S/C22H17Cl2N5O2/c1-14(30)29(19-8-11-28-18(22(19)24)7-10-26-28)20-13-16(6-9-25-20)27-21(31)12-15-4-2-3-5-17(15)23/h2-11,13H,12H2,1H3,(H,25,27,31). The van der Waals surface area contributed by atoms with Gasteiger partial charge in [-0.1, -0.05) is 41.4 Å². The van der Waals surface area contributed by atoms with Gasteiger partial charge in [-0.2, -0.15) is 5.10 Å². The van der Waals surface area contributed by atoms with Crippen LogP contribution in [0.3, 0.4) is 0 Å². The lowest BCUT2D eigenvalue weighted by atomic mass is 10.1. The van der Waals surface area contributed by atoms with Crippen LogP contribution >= 0.6 is 23.2 Å². The molecule has 2 amide bonds. The molecule has 0 unspecified atom stereocenters. The minimum atomic E-state index is -0.280. The average Bonchev–Trinajstić information content (AvgIpc) is 3.21. The van der Waals surface area contributed by atoms with Gasteiger partial charge in [0.1, 0.15) is 5.82 Å². The van der Waals surface area contributed by atoms with Crippen molar-refractivity contribution in [2.75, 3.05) is 10.2 Å². The number of halogens is 2. The Morgan fingerprint density at radius 3 is 2.68 bits per heavy atom. The molecule has 1 aromatic carbocycles. The van der Waals surface area contributed by atoms with E-state index in [1.54, 1.807) is 53.3 Å². The number of benzene rings is 1. The third-order valence-electron chi connectivity index (χ3n) is 4.62. The van der Waals surface area contributed by atoms with Crippen molar-refractivity contribution < 1.29 is 9.59 Å². The molecule has 0 fully saturated rings. The fourth-order valence-electron chi connectivity index (χ4n) is 3.22. The van der Waals surface area contributed by atoms with E-state index in [2.05, 4.69) is 15.4 Å². The number of pyridine rings is 2. The fraction of sp³-hybridized carbons (Fsp3) is 0.0909. The molecule has 3 aromatic heterocycles. The zero-order valence-corrected chi connectivity index (χ0v) is 17.9. The van der Waals surface area contributed by atoms with Crippen LogP contribution in [0, 0.1) is 0 Å². The molecule has 0 saturated carbocycles. The smallest absolute Gasteiger partial charge is 0.229 e. The van der Waals surface area contributed by atoms with Crippen molar-refractivity contribution in [3.8, 4) is 0 Å². The first-order valence-electron chi connectivity index (χ1n) is 9.36. The number of rotatable bonds is 5. The molecule has 0 saturated heterocycles. The largest absolute Gasteiger partial charge is 0.326 e. The molecule has 0 bridgehead atoms. The summed E-state index contributed by atoms with van der Waals surface area (Å²) in [7, 11) is 0. The van der Waals surface area contributed by atoms with Crippen molar-refractivity contribution in [3.63, 3.8) is 0 Å². The van der Waals surface area contributed by atoms with Crippen molar-refractivity contribution >= 4 is 57.7 Å². The van der Waals surface area contributed by atoms with E-state index < -0.39 is 0 Å². The van der Waals surface area contributed by atoms with Crippen LogP contribution in [0.4, 0.5) is 17.2 Å². The van der Waals surface area contributed by atoms with Gasteiger partial charge in [0, 0.05) is 36.1 Å². The van der Waals surface area contributed by atoms with Gasteiger partial charge in [0.2, 0.25) is 11.8 Å². The Balaban J connectivity index is 1.62. The van der Waals surface area contributed by atoms with Crippen LogP contribution in [0.2, 0.25) is 10.0 Å². The fourth-order valence-corrected chi connectivity index (χ4v) is 3.72. The second kappa shape index (κ2) is 8.75. The molecule has 9 heteroatoms. The van der Waals surface area contributed by atoms with E-state index in [9.17, 15) is 9.59 Å². The summed E-state index contributed by atoms with van der Waals surface area (Å²) in [4.78, 5) is 30.7. The summed E-state index contributed by atoms with van der Waals surface area (Å²) in [6.07, 6.45) is 4.97. The van der Waals surface area contributed by atoms with E-state index in [-0.39, 0.29) is 18.2 Å². The third-order valence-corrected chi connectivity index (χ3v) is 5.37. The Labute approximate surface area is 188 Å². The number of amides is 2. The number of aromatic nitrogens is 3. The zero-order chi connectivity index (χ0) is 22.0. The van der Waals surface area contributed by atoms with E-state index in [1.165, 1.54) is 18.0 Å². The molecule has 4 rings (SSSR count).